The third kappa shape index (κ3) is 3.64. The van der Waals surface area contributed by atoms with Crippen LogP contribution >= 0.6 is 11.6 Å². The molecule has 2 heterocycles. The number of carbonyl (C=O) groups is 1. The third-order valence-corrected chi connectivity index (χ3v) is 4.60. The molecular weight excluding hydrogens is 288 g/mol. The maximum Gasteiger partial charge on any atom is 0.225 e. The first-order valence-electron chi connectivity index (χ1n) is 7.75. The standard InChI is InChI=1S/C15H21ClN4O/c16-12-8-17-15(18-9-12)19-13-6-7-20(10-13)14(21)11-4-2-1-3-5-11/h8-9,11,13H,1-7,10H2,(H,17,18,19)/t13-/m0/s1. The summed E-state index contributed by atoms with van der Waals surface area (Å²) < 4.78 is 0. The molecule has 1 saturated carbocycles. The number of amides is 1. The molecule has 1 aromatic rings. The first-order chi connectivity index (χ1) is 10.2. The molecule has 3 rings (SSSR count). The van der Waals surface area contributed by atoms with Crippen LogP contribution in [0.4, 0.5) is 5.95 Å². The number of halogens is 1. The molecule has 1 atom stereocenters. The van der Waals surface area contributed by atoms with Gasteiger partial charge in [0.25, 0.3) is 0 Å². The number of nitrogens with one attached hydrogen (secondary N) is 1. The van der Waals surface area contributed by atoms with Crippen molar-refractivity contribution in [2.45, 2.75) is 44.6 Å². The van der Waals surface area contributed by atoms with E-state index in [4.69, 9.17) is 11.6 Å². The molecule has 2 fully saturated rings. The number of carbonyl (C=O) groups excluding carboxylic acids is 1. The molecule has 0 unspecified atom stereocenters. The van der Waals surface area contributed by atoms with Crippen molar-refractivity contribution in [2.75, 3.05) is 18.4 Å². The summed E-state index contributed by atoms with van der Waals surface area (Å²) in [6.45, 7) is 1.59. The Morgan fingerprint density at radius 1 is 1.19 bits per heavy atom. The molecule has 114 valence electrons. The Hall–Kier alpha value is -1.36. The molecule has 1 saturated heterocycles. The van der Waals surface area contributed by atoms with Crippen molar-refractivity contribution in [3.63, 3.8) is 0 Å². The lowest BCUT2D eigenvalue weighted by Crippen LogP contribution is -2.37. The summed E-state index contributed by atoms with van der Waals surface area (Å²) in [5.41, 5.74) is 0. The molecule has 21 heavy (non-hydrogen) atoms. The van der Waals surface area contributed by atoms with Gasteiger partial charge < -0.3 is 10.2 Å². The molecule has 1 amide bonds. The van der Waals surface area contributed by atoms with E-state index in [1.54, 1.807) is 12.4 Å². The zero-order chi connectivity index (χ0) is 14.7. The number of hydrogen-bond acceptors (Lipinski definition) is 4. The zero-order valence-electron chi connectivity index (χ0n) is 12.1. The van der Waals surface area contributed by atoms with Crippen molar-refractivity contribution >= 4 is 23.5 Å². The maximum atomic E-state index is 12.5. The van der Waals surface area contributed by atoms with Crippen molar-refractivity contribution in [2.24, 2.45) is 5.92 Å². The predicted octanol–water partition coefficient (Wildman–Crippen LogP) is 2.72. The summed E-state index contributed by atoms with van der Waals surface area (Å²) in [7, 11) is 0. The van der Waals surface area contributed by atoms with Gasteiger partial charge in [-0.05, 0) is 19.3 Å². The van der Waals surface area contributed by atoms with Crippen LogP contribution in [0.25, 0.3) is 0 Å². The van der Waals surface area contributed by atoms with Crippen molar-refractivity contribution in [3.05, 3.63) is 17.4 Å². The van der Waals surface area contributed by atoms with E-state index in [0.29, 0.717) is 16.9 Å². The maximum absolute atomic E-state index is 12.5. The molecule has 1 N–H and O–H groups in total. The van der Waals surface area contributed by atoms with E-state index in [1.807, 2.05) is 4.90 Å². The summed E-state index contributed by atoms with van der Waals surface area (Å²) >= 11 is 5.77. The van der Waals surface area contributed by atoms with Gasteiger partial charge in [0.1, 0.15) is 0 Å². The number of hydrogen-bond donors (Lipinski definition) is 1. The lowest BCUT2D eigenvalue weighted by atomic mass is 9.88. The Morgan fingerprint density at radius 2 is 1.90 bits per heavy atom. The highest BCUT2D eigenvalue weighted by molar-refractivity contribution is 6.30. The minimum absolute atomic E-state index is 0.235. The van der Waals surface area contributed by atoms with Crippen LogP contribution in [0.1, 0.15) is 38.5 Å². The van der Waals surface area contributed by atoms with E-state index >= 15 is 0 Å². The molecule has 1 aliphatic carbocycles. The quantitative estimate of drug-likeness (QED) is 0.933. The van der Waals surface area contributed by atoms with Gasteiger partial charge in [-0.1, -0.05) is 30.9 Å². The van der Waals surface area contributed by atoms with Gasteiger partial charge >= 0.3 is 0 Å². The summed E-state index contributed by atoms with van der Waals surface area (Å²) in [4.78, 5) is 22.8. The number of nitrogens with zero attached hydrogens (tertiary/aromatic N) is 3. The number of anilines is 1. The van der Waals surface area contributed by atoms with Gasteiger partial charge in [0.2, 0.25) is 11.9 Å². The molecule has 6 heteroatoms. The molecule has 0 spiro atoms. The van der Waals surface area contributed by atoms with Crippen molar-refractivity contribution in [1.82, 2.24) is 14.9 Å². The van der Waals surface area contributed by atoms with Crippen LogP contribution in [0, 0.1) is 5.92 Å². The Balaban J connectivity index is 1.52. The largest absolute Gasteiger partial charge is 0.350 e. The molecule has 2 aliphatic rings. The second-order valence-corrected chi connectivity index (χ2v) is 6.41. The average molecular weight is 309 g/mol. The molecule has 5 nitrogen and oxygen atoms in total. The second kappa shape index (κ2) is 6.60. The Morgan fingerprint density at radius 3 is 2.62 bits per heavy atom. The van der Waals surface area contributed by atoms with E-state index < -0.39 is 0 Å². The smallest absolute Gasteiger partial charge is 0.225 e. The Labute approximate surface area is 130 Å². The summed E-state index contributed by atoms with van der Waals surface area (Å²) in [6.07, 6.45) is 9.91. The van der Waals surface area contributed by atoms with Crippen LogP contribution in [0.2, 0.25) is 5.02 Å². The van der Waals surface area contributed by atoms with E-state index in [9.17, 15) is 4.79 Å². The molecule has 1 aliphatic heterocycles. The molecule has 0 radical (unpaired) electrons. The summed E-state index contributed by atoms with van der Waals surface area (Å²) in [5, 5.41) is 3.81. The number of likely N-dealkylation sites (tertiary alicyclic amines) is 1. The summed E-state index contributed by atoms with van der Waals surface area (Å²) in [6, 6.07) is 0.235. The van der Waals surface area contributed by atoms with E-state index in [1.165, 1.54) is 19.3 Å². The highest BCUT2D eigenvalue weighted by atomic mass is 35.5. The Bertz CT molecular complexity index is 487. The first-order valence-corrected chi connectivity index (χ1v) is 8.13. The monoisotopic (exact) mass is 308 g/mol. The van der Waals surface area contributed by atoms with Crippen LogP contribution in [0.3, 0.4) is 0 Å². The van der Waals surface area contributed by atoms with Crippen LogP contribution in [0.5, 0.6) is 0 Å². The Kier molecular flexibility index (Phi) is 4.58. The van der Waals surface area contributed by atoms with Gasteiger partial charge in [0.15, 0.2) is 0 Å². The topological polar surface area (TPSA) is 58.1 Å². The van der Waals surface area contributed by atoms with E-state index in [0.717, 1.165) is 32.4 Å². The van der Waals surface area contributed by atoms with Crippen LogP contribution < -0.4 is 5.32 Å². The predicted molar refractivity (Wildman–Crippen MR) is 82.2 cm³/mol. The molecular formula is C15H21ClN4O. The van der Waals surface area contributed by atoms with Crippen molar-refractivity contribution in [3.8, 4) is 0 Å². The van der Waals surface area contributed by atoms with Gasteiger partial charge in [-0.3, -0.25) is 4.79 Å². The van der Waals surface area contributed by atoms with E-state index in [-0.39, 0.29) is 12.0 Å². The SMILES string of the molecule is O=C(C1CCCCC1)N1CC[C@H](Nc2ncc(Cl)cn2)C1. The zero-order valence-corrected chi connectivity index (χ0v) is 12.9. The van der Waals surface area contributed by atoms with Gasteiger partial charge in [-0.15, -0.1) is 0 Å². The minimum atomic E-state index is 0.235. The summed E-state index contributed by atoms with van der Waals surface area (Å²) in [5.74, 6) is 1.18. The molecule has 1 aromatic heterocycles. The van der Waals surface area contributed by atoms with Crippen LogP contribution in [-0.2, 0) is 4.79 Å². The lowest BCUT2D eigenvalue weighted by molar-refractivity contribution is -0.135. The fraction of sp³-hybridized carbons (Fsp3) is 0.667. The second-order valence-electron chi connectivity index (χ2n) is 5.97. The fourth-order valence-corrected chi connectivity index (χ4v) is 3.35. The van der Waals surface area contributed by atoms with Gasteiger partial charge in [0.05, 0.1) is 17.4 Å². The molecule has 0 aromatic carbocycles. The third-order valence-electron chi connectivity index (χ3n) is 4.41. The van der Waals surface area contributed by atoms with Crippen LogP contribution in [-0.4, -0.2) is 39.9 Å². The minimum Gasteiger partial charge on any atom is -0.350 e. The number of aromatic nitrogens is 2. The normalized spacial score (nSPS) is 23.3. The first kappa shape index (κ1) is 14.6. The lowest BCUT2D eigenvalue weighted by Gasteiger charge is -2.26. The number of rotatable bonds is 3. The highest BCUT2D eigenvalue weighted by Crippen LogP contribution is 2.27. The van der Waals surface area contributed by atoms with Gasteiger partial charge in [-0.2, -0.15) is 0 Å². The van der Waals surface area contributed by atoms with Crippen molar-refractivity contribution < 1.29 is 4.79 Å². The van der Waals surface area contributed by atoms with Gasteiger partial charge in [0, 0.05) is 25.0 Å². The van der Waals surface area contributed by atoms with Crippen LogP contribution in [0.15, 0.2) is 12.4 Å². The van der Waals surface area contributed by atoms with Crippen molar-refractivity contribution in [1.29, 1.82) is 0 Å². The average Bonchev–Trinajstić information content (AvgIpc) is 2.98. The highest BCUT2D eigenvalue weighted by Gasteiger charge is 2.31. The van der Waals surface area contributed by atoms with Gasteiger partial charge in [-0.25, -0.2) is 9.97 Å². The van der Waals surface area contributed by atoms with E-state index in [2.05, 4.69) is 15.3 Å². The molecule has 0 bridgehead atoms. The fourth-order valence-electron chi connectivity index (χ4n) is 3.26.